The van der Waals surface area contributed by atoms with Crippen molar-refractivity contribution in [3.63, 3.8) is 0 Å². The highest BCUT2D eigenvalue weighted by molar-refractivity contribution is 5.57. The highest BCUT2D eigenvalue weighted by atomic mass is 16.6. The van der Waals surface area contributed by atoms with Gasteiger partial charge >= 0.3 is 0 Å². The third kappa shape index (κ3) is 2.46. The Bertz CT molecular complexity index is 448. The van der Waals surface area contributed by atoms with Gasteiger partial charge in [0.15, 0.2) is 0 Å². The number of aliphatic hydroxyl groups is 1. The molecule has 1 fully saturated rings. The summed E-state index contributed by atoms with van der Waals surface area (Å²) in [5.41, 5.74) is 1.65. The summed E-state index contributed by atoms with van der Waals surface area (Å²) < 4.78 is 0. The van der Waals surface area contributed by atoms with Crippen molar-refractivity contribution in [1.82, 2.24) is 0 Å². The maximum atomic E-state index is 10.9. The Morgan fingerprint density at radius 1 is 1.50 bits per heavy atom. The molecule has 5 heteroatoms. The van der Waals surface area contributed by atoms with E-state index in [1.54, 1.807) is 19.1 Å². The van der Waals surface area contributed by atoms with Gasteiger partial charge in [0.1, 0.15) is 0 Å². The van der Waals surface area contributed by atoms with Gasteiger partial charge < -0.3 is 10.0 Å². The van der Waals surface area contributed by atoms with Crippen molar-refractivity contribution in [2.24, 2.45) is 0 Å². The lowest BCUT2D eigenvalue weighted by molar-refractivity contribution is -0.385. The van der Waals surface area contributed by atoms with Gasteiger partial charge in [-0.25, -0.2) is 0 Å². The average molecular weight is 250 g/mol. The van der Waals surface area contributed by atoms with Crippen molar-refractivity contribution in [1.29, 1.82) is 0 Å². The zero-order valence-corrected chi connectivity index (χ0v) is 10.5. The van der Waals surface area contributed by atoms with Gasteiger partial charge in [-0.3, -0.25) is 10.1 Å². The smallest absolute Gasteiger partial charge is 0.274 e. The molecule has 0 saturated carbocycles. The van der Waals surface area contributed by atoms with Crippen LogP contribution in [0.3, 0.4) is 0 Å². The lowest BCUT2D eigenvalue weighted by Crippen LogP contribution is -2.41. The fourth-order valence-corrected chi connectivity index (χ4v) is 2.50. The second kappa shape index (κ2) is 5.35. The summed E-state index contributed by atoms with van der Waals surface area (Å²) in [6, 6.07) is 5.37. The summed E-state index contributed by atoms with van der Waals surface area (Å²) >= 11 is 0. The zero-order chi connectivity index (χ0) is 13.1. The van der Waals surface area contributed by atoms with Gasteiger partial charge in [-0.05, 0) is 32.3 Å². The van der Waals surface area contributed by atoms with E-state index >= 15 is 0 Å². The predicted octanol–water partition coefficient (Wildman–Crippen LogP) is 2.25. The molecule has 1 N–H and O–H groups in total. The van der Waals surface area contributed by atoms with Crippen LogP contribution in [-0.2, 0) is 0 Å². The second-order valence-electron chi connectivity index (χ2n) is 4.75. The van der Waals surface area contributed by atoms with Crippen molar-refractivity contribution < 1.29 is 10.0 Å². The summed E-state index contributed by atoms with van der Waals surface area (Å²) in [6.45, 7) is 2.69. The zero-order valence-electron chi connectivity index (χ0n) is 10.5. The van der Waals surface area contributed by atoms with Gasteiger partial charge in [-0.15, -0.1) is 0 Å². The molecule has 1 heterocycles. The Morgan fingerprint density at radius 3 is 2.94 bits per heavy atom. The van der Waals surface area contributed by atoms with Gasteiger partial charge in [0.25, 0.3) is 5.69 Å². The molecule has 0 bridgehead atoms. The molecular formula is C13H18N2O3. The molecule has 1 aliphatic heterocycles. The van der Waals surface area contributed by atoms with E-state index in [1.807, 2.05) is 6.07 Å². The first-order valence-corrected chi connectivity index (χ1v) is 6.26. The van der Waals surface area contributed by atoms with Crippen LogP contribution in [0.25, 0.3) is 0 Å². The molecule has 1 aliphatic rings. The van der Waals surface area contributed by atoms with E-state index in [9.17, 15) is 15.2 Å². The maximum Gasteiger partial charge on any atom is 0.274 e. The predicted molar refractivity (Wildman–Crippen MR) is 69.9 cm³/mol. The minimum atomic E-state index is -0.350. The van der Waals surface area contributed by atoms with E-state index < -0.39 is 0 Å². The van der Waals surface area contributed by atoms with E-state index in [1.165, 1.54) is 0 Å². The van der Waals surface area contributed by atoms with Crippen LogP contribution in [0.15, 0.2) is 18.2 Å². The van der Waals surface area contributed by atoms with Gasteiger partial charge in [0.05, 0.1) is 17.6 Å². The summed E-state index contributed by atoms with van der Waals surface area (Å²) in [4.78, 5) is 12.7. The number of nitro groups is 1. The third-order valence-electron chi connectivity index (χ3n) is 3.56. The van der Waals surface area contributed by atoms with E-state index in [4.69, 9.17) is 0 Å². The monoisotopic (exact) mass is 250 g/mol. The van der Waals surface area contributed by atoms with E-state index in [0.717, 1.165) is 31.5 Å². The van der Waals surface area contributed by atoms with Gasteiger partial charge in [-0.1, -0.05) is 6.07 Å². The number of hydrogen-bond donors (Lipinski definition) is 1. The van der Waals surface area contributed by atoms with Crippen molar-refractivity contribution in [2.45, 2.75) is 32.2 Å². The number of aliphatic hydroxyl groups excluding tert-OH is 1. The van der Waals surface area contributed by atoms with Crippen molar-refractivity contribution in [3.8, 4) is 0 Å². The van der Waals surface area contributed by atoms with E-state index in [0.29, 0.717) is 5.56 Å². The normalized spacial score (nSPS) is 19.9. The number of nitro benzene ring substituents is 1. The van der Waals surface area contributed by atoms with Crippen molar-refractivity contribution >= 4 is 11.4 Å². The van der Waals surface area contributed by atoms with Gasteiger partial charge in [0.2, 0.25) is 0 Å². The number of hydrogen-bond acceptors (Lipinski definition) is 4. The number of anilines is 1. The Kier molecular flexibility index (Phi) is 3.81. The van der Waals surface area contributed by atoms with Crippen LogP contribution < -0.4 is 4.90 Å². The molecule has 98 valence electrons. The molecule has 18 heavy (non-hydrogen) atoms. The second-order valence-corrected chi connectivity index (χ2v) is 4.75. The molecule has 0 radical (unpaired) electrons. The summed E-state index contributed by atoms with van der Waals surface area (Å²) in [5, 5.41) is 20.3. The van der Waals surface area contributed by atoms with E-state index in [2.05, 4.69) is 4.90 Å². The molecule has 1 saturated heterocycles. The van der Waals surface area contributed by atoms with Crippen LogP contribution in [0, 0.1) is 17.0 Å². The largest absolute Gasteiger partial charge is 0.394 e. The SMILES string of the molecule is Cc1ccc(N2CCCCC2CO)cc1[N+](=O)[O-]. The summed E-state index contributed by atoms with van der Waals surface area (Å²) in [6.07, 6.45) is 3.12. The topological polar surface area (TPSA) is 66.6 Å². The van der Waals surface area contributed by atoms with Gasteiger partial charge in [0, 0.05) is 23.9 Å². The fourth-order valence-electron chi connectivity index (χ4n) is 2.50. The van der Waals surface area contributed by atoms with Crippen LogP contribution in [0.4, 0.5) is 11.4 Å². The average Bonchev–Trinajstić information content (AvgIpc) is 2.39. The lowest BCUT2D eigenvalue weighted by atomic mass is 10.0. The standard InChI is InChI=1S/C13H18N2O3/c1-10-5-6-11(8-13(10)15(17)18)14-7-3-2-4-12(14)9-16/h5-6,8,12,16H,2-4,7,9H2,1H3. The number of rotatable bonds is 3. The number of piperidine rings is 1. The fraction of sp³-hybridized carbons (Fsp3) is 0.538. The van der Waals surface area contributed by atoms with Crippen LogP contribution in [0.1, 0.15) is 24.8 Å². The molecule has 0 aromatic heterocycles. The minimum absolute atomic E-state index is 0.0843. The van der Waals surface area contributed by atoms with Crippen LogP contribution >= 0.6 is 0 Å². The number of aryl methyl sites for hydroxylation is 1. The first-order valence-electron chi connectivity index (χ1n) is 6.26. The highest BCUT2D eigenvalue weighted by Gasteiger charge is 2.23. The summed E-state index contributed by atoms with van der Waals surface area (Å²) in [5.74, 6) is 0. The lowest BCUT2D eigenvalue weighted by Gasteiger charge is -2.36. The van der Waals surface area contributed by atoms with Crippen LogP contribution in [-0.4, -0.2) is 29.2 Å². The number of nitrogens with zero attached hydrogens (tertiary/aromatic N) is 2. The Labute approximate surface area is 106 Å². The first kappa shape index (κ1) is 12.8. The van der Waals surface area contributed by atoms with Crippen molar-refractivity contribution in [2.75, 3.05) is 18.1 Å². The Balaban J connectivity index is 2.32. The van der Waals surface area contributed by atoms with Gasteiger partial charge in [-0.2, -0.15) is 0 Å². The van der Waals surface area contributed by atoms with Crippen LogP contribution in [0.2, 0.25) is 0 Å². The summed E-state index contributed by atoms with van der Waals surface area (Å²) in [7, 11) is 0. The highest BCUT2D eigenvalue weighted by Crippen LogP contribution is 2.29. The third-order valence-corrected chi connectivity index (χ3v) is 3.56. The molecule has 5 nitrogen and oxygen atoms in total. The molecule has 0 aliphatic carbocycles. The van der Waals surface area contributed by atoms with Crippen molar-refractivity contribution in [3.05, 3.63) is 33.9 Å². The molecule has 1 unspecified atom stereocenters. The molecule has 1 aromatic rings. The van der Waals surface area contributed by atoms with E-state index in [-0.39, 0.29) is 23.3 Å². The molecule has 0 spiro atoms. The Morgan fingerprint density at radius 2 is 2.28 bits per heavy atom. The van der Waals surface area contributed by atoms with Crippen LogP contribution in [0.5, 0.6) is 0 Å². The maximum absolute atomic E-state index is 10.9. The molecular weight excluding hydrogens is 232 g/mol. The Hall–Kier alpha value is -1.62. The first-order chi connectivity index (χ1) is 8.63. The number of benzene rings is 1. The molecule has 1 atom stereocenters. The quantitative estimate of drug-likeness (QED) is 0.660. The molecule has 2 rings (SSSR count). The molecule has 0 amide bonds. The minimum Gasteiger partial charge on any atom is -0.394 e. The molecule has 1 aromatic carbocycles.